The summed E-state index contributed by atoms with van der Waals surface area (Å²) in [5, 5.41) is 3.10. The zero-order chi connectivity index (χ0) is 25.1. The van der Waals surface area contributed by atoms with Crippen LogP contribution in [0, 0.1) is 10.6 Å². The number of para-hydroxylation sites is 1. The van der Waals surface area contributed by atoms with Gasteiger partial charge < -0.3 is 15.0 Å². The van der Waals surface area contributed by atoms with Crippen molar-refractivity contribution in [2.75, 3.05) is 5.32 Å². The molecule has 2 heterocycles. The monoisotopic (exact) mass is 498 g/mol. The molecule has 0 saturated carbocycles. The fraction of sp³-hybridized carbons (Fsp3) is 0.0370. The number of carbonyl (C=O) groups is 1. The topological polar surface area (TPSA) is 89.0 Å². The maximum absolute atomic E-state index is 14.3. The van der Waals surface area contributed by atoms with Gasteiger partial charge in [0.15, 0.2) is 4.77 Å². The summed E-state index contributed by atoms with van der Waals surface area (Å²) >= 11 is 5.32. The Balaban J connectivity index is 1.38. The van der Waals surface area contributed by atoms with E-state index in [9.17, 15) is 14.0 Å². The van der Waals surface area contributed by atoms with E-state index in [0.717, 1.165) is 10.1 Å². The molecule has 3 aromatic carbocycles. The van der Waals surface area contributed by atoms with Gasteiger partial charge in [-0.3, -0.25) is 14.6 Å². The normalized spacial score (nSPS) is 10.8. The number of benzene rings is 3. The summed E-state index contributed by atoms with van der Waals surface area (Å²) in [5.41, 5.74) is 1.74. The van der Waals surface area contributed by atoms with Gasteiger partial charge in [-0.2, -0.15) is 0 Å². The molecule has 0 saturated heterocycles. The molecular weight excluding hydrogens is 479 g/mol. The van der Waals surface area contributed by atoms with Gasteiger partial charge in [0.05, 0.1) is 16.6 Å². The van der Waals surface area contributed by atoms with Crippen molar-refractivity contribution in [3.63, 3.8) is 0 Å². The van der Waals surface area contributed by atoms with Gasteiger partial charge in [-0.15, -0.1) is 0 Å². The lowest BCUT2D eigenvalue weighted by Gasteiger charge is -2.11. The van der Waals surface area contributed by atoms with Gasteiger partial charge in [0.2, 0.25) is 0 Å². The SMILES string of the molecule is O=C(Nc1cccc(OCc2cccnc2)c1)c1ccc2c(=O)n(-c3ccccc3F)c(=S)[nH]c2c1. The highest BCUT2D eigenvalue weighted by molar-refractivity contribution is 7.71. The molecule has 0 unspecified atom stereocenters. The molecule has 5 aromatic rings. The number of hydrogen-bond donors (Lipinski definition) is 2. The molecule has 7 nitrogen and oxygen atoms in total. The summed E-state index contributed by atoms with van der Waals surface area (Å²) in [6.45, 7) is 0.347. The van der Waals surface area contributed by atoms with Crippen molar-refractivity contribution in [1.82, 2.24) is 14.5 Å². The Morgan fingerprint density at radius 1 is 1.06 bits per heavy atom. The number of anilines is 1. The van der Waals surface area contributed by atoms with E-state index in [4.69, 9.17) is 17.0 Å². The number of nitrogens with one attached hydrogen (secondary N) is 2. The molecule has 0 radical (unpaired) electrons. The lowest BCUT2D eigenvalue weighted by atomic mass is 10.1. The minimum atomic E-state index is -0.568. The van der Waals surface area contributed by atoms with Crippen molar-refractivity contribution in [2.45, 2.75) is 6.61 Å². The summed E-state index contributed by atoms with van der Waals surface area (Å²) in [5.74, 6) is -0.354. The Labute approximate surface area is 209 Å². The largest absolute Gasteiger partial charge is 0.489 e. The van der Waals surface area contributed by atoms with Crippen LogP contribution in [0.25, 0.3) is 16.6 Å². The first-order valence-corrected chi connectivity index (χ1v) is 11.4. The Kier molecular flexibility index (Phi) is 6.38. The molecule has 9 heteroatoms. The average molecular weight is 499 g/mol. The van der Waals surface area contributed by atoms with Crippen molar-refractivity contribution in [3.8, 4) is 11.4 Å². The van der Waals surface area contributed by atoms with Crippen molar-refractivity contribution in [1.29, 1.82) is 0 Å². The van der Waals surface area contributed by atoms with Crippen molar-refractivity contribution in [2.24, 2.45) is 0 Å². The van der Waals surface area contributed by atoms with Crippen LogP contribution >= 0.6 is 12.2 Å². The van der Waals surface area contributed by atoms with Crippen LogP contribution in [0.4, 0.5) is 10.1 Å². The predicted octanol–water partition coefficient (Wildman–Crippen LogP) is 5.41. The Morgan fingerprint density at radius 2 is 1.92 bits per heavy atom. The molecule has 0 aliphatic carbocycles. The maximum Gasteiger partial charge on any atom is 0.266 e. The van der Waals surface area contributed by atoms with E-state index in [2.05, 4.69) is 15.3 Å². The van der Waals surface area contributed by atoms with Gasteiger partial charge in [0.25, 0.3) is 11.5 Å². The summed E-state index contributed by atoms with van der Waals surface area (Å²) < 4.78 is 21.2. The molecule has 0 atom stereocenters. The fourth-order valence-corrected chi connectivity index (χ4v) is 4.02. The Bertz CT molecular complexity index is 1700. The highest BCUT2D eigenvalue weighted by atomic mass is 32.1. The molecule has 36 heavy (non-hydrogen) atoms. The first kappa shape index (κ1) is 23.1. The second kappa shape index (κ2) is 9.93. The summed E-state index contributed by atoms with van der Waals surface area (Å²) in [4.78, 5) is 33.0. The minimum absolute atomic E-state index is 0.0219. The standard InChI is InChI=1S/C27H19FN4O3S/c28-22-8-1-2-9-24(22)32-26(34)21-11-10-18(13-23(21)31-27(32)36)25(33)30-19-6-3-7-20(14-19)35-16-17-5-4-12-29-15-17/h1-15H,16H2,(H,30,33)(H,31,36). The number of ether oxygens (including phenoxy) is 1. The number of rotatable bonds is 6. The second-order valence-electron chi connectivity index (χ2n) is 7.91. The van der Waals surface area contributed by atoms with Gasteiger partial charge in [0.1, 0.15) is 18.2 Å². The van der Waals surface area contributed by atoms with E-state index in [0.29, 0.717) is 29.1 Å². The second-order valence-corrected chi connectivity index (χ2v) is 8.30. The quantitative estimate of drug-likeness (QED) is 0.306. The number of halogens is 1. The molecular formula is C27H19FN4O3S. The number of H-pyrrole nitrogens is 1. The average Bonchev–Trinajstić information content (AvgIpc) is 2.89. The molecule has 0 aliphatic rings. The van der Waals surface area contributed by atoms with E-state index < -0.39 is 11.4 Å². The van der Waals surface area contributed by atoms with Crippen LogP contribution < -0.4 is 15.6 Å². The molecule has 1 amide bonds. The van der Waals surface area contributed by atoms with Crippen LogP contribution in [0.1, 0.15) is 15.9 Å². The molecule has 5 rings (SSSR count). The van der Waals surface area contributed by atoms with E-state index in [1.165, 1.54) is 36.4 Å². The molecule has 0 aliphatic heterocycles. The number of fused-ring (bicyclic) bond motifs is 1. The van der Waals surface area contributed by atoms with Crippen molar-refractivity contribution < 1.29 is 13.9 Å². The number of pyridine rings is 1. The maximum atomic E-state index is 14.3. The fourth-order valence-electron chi connectivity index (χ4n) is 3.73. The number of nitrogens with zero attached hydrogens (tertiary/aromatic N) is 2. The third-order valence-electron chi connectivity index (χ3n) is 5.47. The van der Waals surface area contributed by atoms with Crippen LogP contribution in [0.3, 0.4) is 0 Å². The van der Waals surface area contributed by atoms with E-state index in [1.807, 2.05) is 12.1 Å². The van der Waals surface area contributed by atoms with E-state index >= 15 is 0 Å². The number of aromatic amines is 1. The van der Waals surface area contributed by atoms with Gasteiger partial charge in [-0.1, -0.05) is 24.3 Å². The van der Waals surface area contributed by atoms with Crippen LogP contribution in [-0.4, -0.2) is 20.4 Å². The van der Waals surface area contributed by atoms with Gasteiger partial charge in [-0.25, -0.2) is 8.96 Å². The van der Waals surface area contributed by atoms with Crippen molar-refractivity contribution in [3.05, 3.63) is 123 Å². The van der Waals surface area contributed by atoms with E-state index in [-0.39, 0.29) is 21.8 Å². The van der Waals surface area contributed by atoms with Gasteiger partial charge in [-0.05, 0) is 60.7 Å². The van der Waals surface area contributed by atoms with Crippen LogP contribution in [0.15, 0.2) is 96.1 Å². The predicted molar refractivity (Wildman–Crippen MR) is 138 cm³/mol. The molecule has 0 bridgehead atoms. The molecule has 0 spiro atoms. The molecule has 2 aromatic heterocycles. The molecule has 0 fully saturated rings. The lowest BCUT2D eigenvalue weighted by molar-refractivity contribution is 0.102. The molecule has 2 N–H and O–H groups in total. The zero-order valence-corrected chi connectivity index (χ0v) is 19.6. The number of carbonyl (C=O) groups excluding carboxylic acids is 1. The van der Waals surface area contributed by atoms with Crippen molar-refractivity contribution >= 4 is 34.7 Å². The third kappa shape index (κ3) is 4.77. The van der Waals surface area contributed by atoms with Crippen LogP contribution in [-0.2, 0) is 6.61 Å². The lowest BCUT2D eigenvalue weighted by Crippen LogP contribution is -2.22. The highest BCUT2D eigenvalue weighted by Gasteiger charge is 2.14. The first-order chi connectivity index (χ1) is 17.5. The highest BCUT2D eigenvalue weighted by Crippen LogP contribution is 2.20. The summed E-state index contributed by atoms with van der Waals surface area (Å²) in [7, 11) is 0. The first-order valence-electron chi connectivity index (χ1n) is 11.0. The Hall–Kier alpha value is -4.63. The Morgan fingerprint density at radius 3 is 2.72 bits per heavy atom. The van der Waals surface area contributed by atoms with Gasteiger partial charge in [0, 0.05) is 35.3 Å². The summed E-state index contributed by atoms with van der Waals surface area (Å²) in [6.07, 6.45) is 3.42. The number of aromatic nitrogens is 3. The zero-order valence-electron chi connectivity index (χ0n) is 18.8. The third-order valence-corrected chi connectivity index (χ3v) is 5.76. The number of amides is 1. The van der Waals surface area contributed by atoms with Crippen LogP contribution in [0.2, 0.25) is 0 Å². The van der Waals surface area contributed by atoms with Crippen LogP contribution in [0.5, 0.6) is 5.75 Å². The minimum Gasteiger partial charge on any atom is -0.489 e. The summed E-state index contributed by atoms with van der Waals surface area (Å²) in [6, 6.07) is 21.3. The van der Waals surface area contributed by atoms with E-state index in [1.54, 1.807) is 42.7 Å². The number of hydrogen-bond acceptors (Lipinski definition) is 5. The smallest absolute Gasteiger partial charge is 0.266 e. The molecule has 178 valence electrons. The van der Waals surface area contributed by atoms with Gasteiger partial charge >= 0.3 is 0 Å².